The molecule has 26 heavy (non-hydrogen) atoms. The minimum atomic E-state index is -3.81. The third-order valence-corrected chi connectivity index (χ3v) is 5.01. The molecule has 0 radical (unpaired) electrons. The fraction of sp³-hybridized carbons (Fsp3) is 0.316. The van der Waals surface area contributed by atoms with Gasteiger partial charge in [0.2, 0.25) is 0 Å². The van der Waals surface area contributed by atoms with Gasteiger partial charge in [-0.25, -0.2) is 8.42 Å². The molecule has 2 aromatic rings. The average Bonchev–Trinajstić information content (AvgIpc) is 2.58. The summed E-state index contributed by atoms with van der Waals surface area (Å²) in [6.07, 6.45) is 0. The maximum atomic E-state index is 12.1. The first-order valence-electron chi connectivity index (χ1n) is 8.18. The van der Waals surface area contributed by atoms with E-state index in [1.807, 2.05) is 19.1 Å². The van der Waals surface area contributed by atoms with E-state index in [-0.39, 0.29) is 16.9 Å². The molecule has 0 atom stereocenters. The van der Waals surface area contributed by atoms with Gasteiger partial charge in [-0.15, -0.1) is 4.83 Å². The topological polar surface area (TPSA) is 84.5 Å². The number of aryl methyl sites for hydroxylation is 1. The van der Waals surface area contributed by atoms with Crippen LogP contribution in [0.4, 0.5) is 0 Å². The van der Waals surface area contributed by atoms with Crippen LogP contribution in [0.5, 0.6) is 5.75 Å². The van der Waals surface area contributed by atoms with Crippen LogP contribution in [0.15, 0.2) is 53.4 Å². The monoisotopic (exact) mass is 376 g/mol. The Morgan fingerprint density at radius 3 is 2.12 bits per heavy atom. The van der Waals surface area contributed by atoms with Gasteiger partial charge in [-0.2, -0.15) is 0 Å². The maximum absolute atomic E-state index is 12.1. The Bertz CT molecular complexity index is 852. The molecule has 0 aromatic heterocycles. The Morgan fingerprint density at radius 2 is 1.58 bits per heavy atom. The van der Waals surface area contributed by atoms with Crippen molar-refractivity contribution in [2.24, 2.45) is 0 Å². The number of carbonyl (C=O) groups is 1. The summed E-state index contributed by atoms with van der Waals surface area (Å²) in [4.78, 5) is 13.9. The summed E-state index contributed by atoms with van der Waals surface area (Å²) in [5.41, 5.74) is 4.27. The van der Waals surface area contributed by atoms with Crippen LogP contribution in [0, 0.1) is 6.92 Å². The predicted molar refractivity (Wildman–Crippen MR) is 100 cm³/mol. The normalized spacial score (nSPS) is 11.8. The average molecular weight is 376 g/mol. The van der Waals surface area contributed by atoms with E-state index in [2.05, 4.69) is 31.0 Å². The second-order valence-corrected chi connectivity index (χ2v) is 8.71. The van der Waals surface area contributed by atoms with Crippen LogP contribution in [0.3, 0.4) is 0 Å². The standard InChI is InChI=1S/C19H24N2O4S/c1-14-5-11-17(12-6-14)26(23,24)21-20-18(22)13-25-16-9-7-15(8-10-16)19(2,3)4/h5-12,21H,13H2,1-4H3,(H,20,22). The molecule has 0 aliphatic carbocycles. The lowest BCUT2D eigenvalue weighted by Crippen LogP contribution is -2.43. The first-order chi connectivity index (χ1) is 12.1. The van der Waals surface area contributed by atoms with Gasteiger partial charge in [0, 0.05) is 0 Å². The number of ether oxygens (including phenoxy) is 1. The third-order valence-electron chi connectivity index (χ3n) is 3.75. The van der Waals surface area contributed by atoms with E-state index in [0.29, 0.717) is 5.75 Å². The first-order valence-corrected chi connectivity index (χ1v) is 9.67. The van der Waals surface area contributed by atoms with Crippen LogP contribution in [0.25, 0.3) is 0 Å². The highest BCUT2D eigenvalue weighted by atomic mass is 32.2. The van der Waals surface area contributed by atoms with Crippen molar-refractivity contribution in [1.29, 1.82) is 0 Å². The zero-order valence-electron chi connectivity index (χ0n) is 15.4. The SMILES string of the molecule is Cc1ccc(S(=O)(=O)NNC(=O)COc2ccc(C(C)(C)C)cc2)cc1. The summed E-state index contributed by atoms with van der Waals surface area (Å²) in [6, 6.07) is 13.7. The van der Waals surface area contributed by atoms with Gasteiger partial charge in [0.25, 0.3) is 15.9 Å². The van der Waals surface area contributed by atoms with Crippen LogP contribution in [-0.4, -0.2) is 20.9 Å². The van der Waals surface area contributed by atoms with Crippen LogP contribution in [-0.2, 0) is 20.2 Å². The fourth-order valence-electron chi connectivity index (χ4n) is 2.14. The molecule has 0 saturated heterocycles. The summed E-state index contributed by atoms with van der Waals surface area (Å²) < 4.78 is 29.5. The number of hydrazine groups is 1. The molecule has 140 valence electrons. The highest BCUT2D eigenvalue weighted by Crippen LogP contribution is 2.24. The van der Waals surface area contributed by atoms with E-state index >= 15 is 0 Å². The lowest BCUT2D eigenvalue weighted by Gasteiger charge is -2.19. The number of sulfonamides is 1. The van der Waals surface area contributed by atoms with E-state index in [4.69, 9.17) is 4.74 Å². The molecular formula is C19H24N2O4S. The lowest BCUT2D eigenvalue weighted by atomic mass is 9.87. The molecule has 2 rings (SSSR count). The second-order valence-electron chi connectivity index (χ2n) is 7.03. The van der Waals surface area contributed by atoms with E-state index in [0.717, 1.165) is 11.1 Å². The lowest BCUT2D eigenvalue weighted by molar-refractivity contribution is -0.123. The molecule has 7 heteroatoms. The molecule has 1 amide bonds. The third kappa shape index (κ3) is 5.57. The van der Waals surface area contributed by atoms with Gasteiger partial charge in [-0.05, 0) is 42.2 Å². The van der Waals surface area contributed by atoms with Gasteiger partial charge in [0.1, 0.15) is 5.75 Å². The van der Waals surface area contributed by atoms with Gasteiger partial charge in [0.15, 0.2) is 6.61 Å². The molecule has 6 nitrogen and oxygen atoms in total. The summed E-state index contributed by atoms with van der Waals surface area (Å²) >= 11 is 0. The van der Waals surface area contributed by atoms with Crippen LogP contribution in [0.1, 0.15) is 31.9 Å². The van der Waals surface area contributed by atoms with Crippen molar-refractivity contribution in [3.8, 4) is 5.75 Å². The van der Waals surface area contributed by atoms with Crippen molar-refractivity contribution in [2.75, 3.05) is 6.61 Å². The molecule has 2 N–H and O–H groups in total. The number of hydrogen-bond donors (Lipinski definition) is 2. The van der Waals surface area contributed by atoms with E-state index in [1.54, 1.807) is 24.3 Å². The van der Waals surface area contributed by atoms with E-state index < -0.39 is 15.9 Å². The second kappa shape index (κ2) is 7.88. The van der Waals surface area contributed by atoms with Crippen molar-refractivity contribution >= 4 is 15.9 Å². The van der Waals surface area contributed by atoms with Gasteiger partial charge < -0.3 is 4.74 Å². The minimum absolute atomic E-state index is 0.0319. The van der Waals surface area contributed by atoms with E-state index in [1.165, 1.54) is 12.1 Å². The number of carbonyl (C=O) groups excluding carboxylic acids is 1. The smallest absolute Gasteiger partial charge is 0.272 e. The summed E-state index contributed by atoms with van der Waals surface area (Å²) in [6.45, 7) is 7.88. The Hall–Kier alpha value is -2.38. The first kappa shape index (κ1) is 19.9. The molecule has 0 fully saturated rings. The summed E-state index contributed by atoms with van der Waals surface area (Å²) in [7, 11) is -3.81. The Morgan fingerprint density at radius 1 is 1.00 bits per heavy atom. The Balaban J connectivity index is 1.86. The molecule has 0 spiro atoms. The summed E-state index contributed by atoms with van der Waals surface area (Å²) in [5, 5.41) is 0. The molecular weight excluding hydrogens is 352 g/mol. The van der Waals surface area contributed by atoms with Crippen molar-refractivity contribution in [1.82, 2.24) is 10.3 Å². The number of rotatable bonds is 6. The Labute approximate surface area is 154 Å². The van der Waals surface area contributed by atoms with Gasteiger partial charge in [-0.3, -0.25) is 10.2 Å². The quantitative estimate of drug-likeness (QED) is 0.759. The van der Waals surface area contributed by atoms with Crippen LogP contribution < -0.4 is 15.0 Å². The van der Waals surface area contributed by atoms with Gasteiger partial charge >= 0.3 is 0 Å². The molecule has 0 saturated carbocycles. The van der Waals surface area contributed by atoms with Crippen molar-refractivity contribution in [2.45, 2.75) is 38.0 Å². The minimum Gasteiger partial charge on any atom is -0.484 e. The summed E-state index contributed by atoms with van der Waals surface area (Å²) in [5.74, 6) is -0.0601. The predicted octanol–water partition coefficient (Wildman–Crippen LogP) is 2.68. The molecule has 0 unspecified atom stereocenters. The highest BCUT2D eigenvalue weighted by Gasteiger charge is 2.15. The number of amides is 1. The van der Waals surface area contributed by atoms with E-state index in [9.17, 15) is 13.2 Å². The van der Waals surface area contributed by atoms with Crippen molar-refractivity contribution < 1.29 is 17.9 Å². The molecule has 0 aliphatic rings. The Kier molecular flexibility index (Phi) is 6.05. The number of hydrogen-bond acceptors (Lipinski definition) is 4. The maximum Gasteiger partial charge on any atom is 0.272 e. The molecule has 0 heterocycles. The molecule has 0 bridgehead atoms. The van der Waals surface area contributed by atoms with Crippen molar-refractivity contribution in [3.63, 3.8) is 0 Å². The molecule has 0 aliphatic heterocycles. The van der Waals surface area contributed by atoms with Gasteiger partial charge in [-0.1, -0.05) is 50.6 Å². The fourth-order valence-corrected chi connectivity index (χ4v) is 3.00. The van der Waals surface area contributed by atoms with Crippen LogP contribution in [0.2, 0.25) is 0 Å². The van der Waals surface area contributed by atoms with Gasteiger partial charge in [0.05, 0.1) is 4.90 Å². The number of nitrogens with one attached hydrogen (secondary N) is 2. The molecule has 2 aromatic carbocycles. The highest BCUT2D eigenvalue weighted by molar-refractivity contribution is 7.89. The zero-order chi connectivity index (χ0) is 19.4. The zero-order valence-corrected chi connectivity index (χ0v) is 16.2. The van der Waals surface area contributed by atoms with Crippen LogP contribution >= 0.6 is 0 Å². The van der Waals surface area contributed by atoms with Crippen molar-refractivity contribution in [3.05, 3.63) is 59.7 Å². The number of benzene rings is 2. The largest absolute Gasteiger partial charge is 0.484 e.